The molecule has 0 radical (unpaired) electrons. The van der Waals surface area contributed by atoms with Crippen molar-refractivity contribution < 1.29 is 9.59 Å². The Labute approximate surface area is 152 Å². The Morgan fingerprint density at radius 2 is 1.75 bits per heavy atom. The number of likely N-dealkylation sites (tertiary alicyclic amines) is 2. The van der Waals surface area contributed by atoms with Gasteiger partial charge in [-0.3, -0.25) is 9.59 Å². The van der Waals surface area contributed by atoms with Crippen molar-refractivity contribution in [3.05, 3.63) is 0 Å². The summed E-state index contributed by atoms with van der Waals surface area (Å²) < 4.78 is 0. The number of nitrogens with zero attached hydrogens (tertiary/aromatic N) is 2. The van der Waals surface area contributed by atoms with Crippen LogP contribution in [0.15, 0.2) is 0 Å². The van der Waals surface area contributed by atoms with Gasteiger partial charge in [0, 0.05) is 37.1 Å². The molecule has 2 N–H and O–H groups in total. The first-order chi connectivity index (χ1) is 10.7. The smallest absolute Gasteiger partial charge is 0.227 e. The quantitative estimate of drug-likeness (QED) is 0.823. The fourth-order valence-corrected chi connectivity index (χ4v) is 3.85. The number of piperidine rings is 2. The summed E-state index contributed by atoms with van der Waals surface area (Å²) in [6.07, 6.45) is 5.01. The molecule has 0 aromatic heterocycles. The predicted octanol–water partition coefficient (Wildman–Crippen LogP) is 2.42. The zero-order valence-electron chi connectivity index (χ0n) is 15.6. The van der Waals surface area contributed by atoms with E-state index >= 15 is 0 Å². The second-order valence-corrected chi connectivity index (χ2v) is 8.29. The number of rotatable bonds is 2. The van der Waals surface area contributed by atoms with Gasteiger partial charge in [-0.1, -0.05) is 20.8 Å². The molecule has 3 unspecified atom stereocenters. The van der Waals surface area contributed by atoms with Gasteiger partial charge in [0.2, 0.25) is 11.8 Å². The van der Waals surface area contributed by atoms with E-state index in [-0.39, 0.29) is 47.6 Å². The highest BCUT2D eigenvalue weighted by atomic mass is 35.5. The molecule has 0 aliphatic carbocycles. The first-order valence-electron chi connectivity index (χ1n) is 9.07. The van der Waals surface area contributed by atoms with Crippen molar-refractivity contribution in [2.24, 2.45) is 17.1 Å². The number of nitrogens with two attached hydrogens (primary N) is 1. The van der Waals surface area contributed by atoms with E-state index in [4.69, 9.17) is 5.73 Å². The van der Waals surface area contributed by atoms with Crippen molar-refractivity contribution in [3.8, 4) is 0 Å². The summed E-state index contributed by atoms with van der Waals surface area (Å²) in [5.41, 5.74) is 5.71. The molecule has 5 nitrogen and oxygen atoms in total. The summed E-state index contributed by atoms with van der Waals surface area (Å²) in [5, 5.41) is 0. The van der Waals surface area contributed by atoms with Crippen molar-refractivity contribution in [1.29, 1.82) is 0 Å². The average molecular weight is 360 g/mol. The Balaban J connectivity index is 0.00000288. The van der Waals surface area contributed by atoms with Gasteiger partial charge in [0.1, 0.15) is 0 Å². The van der Waals surface area contributed by atoms with Gasteiger partial charge in [-0.2, -0.15) is 0 Å². The Morgan fingerprint density at radius 3 is 2.33 bits per heavy atom. The van der Waals surface area contributed by atoms with E-state index in [2.05, 4.69) is 0 Å². The molecular weight excluding hydrogens is 326 g/mol. The topological polar surface area (TPSA) is 66.6 Å². The minimum absolute atomic E-state index is 0. The number of halogens is 1. The van der Waals surface area contributed by atoms with Crippen molar-refractivity contribution >= 4 is 24.2 Å². The normalized spacial score (nSPS) is 26.5. The monoisotopic (exact) mass is 359 g/mol. The fraction of sp³-hybridized carbons (Fsp3) is 0.889. The molecule has 140 valence electrons. The van der Waals surface area contributed by atoms with E-state index in [0.717, 1.165) is 45.2 Å². The largest absolute Gasteiger partial charge is 0.341 e. The summed E-state index contributed by atoms with van der Waals surface area (Å²) in [6, 6.07) is 0.167. The lowest BCUT2D eigenvalue weighted by Gasteiger charge is -2.42. The summed E-state index contributed by atoms with van der Waals surface area (Å²) in [5.74, 6) is 0.296. The van der Waals surface area contributed by atoms with Crippen LogP contribution in [-0.4, -0.2) is 53.3 Å². The van der Waals surface area contributed by atoms with E-state index in [9.17, 15) is 9.59 Å². The molecule has 0 spiro atoms. The summed E-state index contributed by atoms with van der Waals surface area (Å²) in [6.45, 7) is 9.97. The van der Waals surface area contributed by atoms with Gasteiger partial charge in [0.05, 0.1) is 5.92 Å². The molecule has 0 bridgehead atoms. The van der Waals surface area contributed by atoms with Gasteiger partial charge in [-0.25, -0.2) is 0 Å². The Morgan fingerprint density at radius 1 is 1.08 bits per heavy atom. The van der Waals surface area contributed by atoms with Crippen LogP contribution in [0, 0.1) is 11.3 Å². The third-order valence-electron chi connectivity index (χ3n) is 5.14. The van der Waals surface area contributed by atoms with Gasteiger partial charge < -0.3 is 15.5 Å². The summed E-state index contributed by atoms with van der Waals surface area (Å²) >= 11 is 0. The van der Waals surface area contributed by atoms with E-state index in [1.807, 2.05) is 37.5 Å². The fourth-order valence-electron chi connectivity index (χ4n) is 3.85. The molecule has 24 heavy (non-hydrogen) atoms. The highest BCUT2D eigenvalue weighted by Gasteiger charge is 2.37. The van der Waals surface area contributed by atoms with Crippen LogP contribution >= 0.6 is 12.4 Å². The standard InChI is InChI=1S/C18H33N3O2.ClH/c1-13(19)15-9-5-6-11-21(15)16(22)14-8-7-10-20(12-14)17(23)18(2,3)4;/h13-15H,5-12,19H2,1-4H3;1H. The minimum Gasteiger partial charge on any atom is -0.341 e. The van der Waals surface area contributed by atoms with Gasteiger partial charge in [0.25, 0.3) is 0 Å². The van der Waals surface area contributed by atoms with Gasteiger partial charge in [0.15, 0.2) is 0 Å². The van der Waals surface area contributed by atoms with Crippen molar-refractivity contribution in [2.45, 2.75) is 71.9 Å². The van der Waals surface area contributed by atoms with Crippen molar-refractivity contribution in [2.75, 3.05) is 19.6 Å². The molecule has 2 aliphatic heterocycles. The van der Waals surface area contributed by atoms with Crippen LogP contribution in [0.4, 0.5) is 0 Å². The molecule has 0 aromatic rings. The number of carbonyl (C=O) groups is 2. The van der Waals surface area contributed by atoms with E-state index < -0.39 is 0 Å². The number of carbonyl (C=O) groups excluding carboxylic acids is 2. The molecule has 3 atom stereocenters. The predicted molar refractivity (Wildman–Crippen MR) is 99.0 cm³/mol. The van der Waals surface area contributed by atoms with Crippen LogP contribution in [0.2, 0.25) is 0 Å². The highest BCUT2D eigenvalue weighted by molar-refractivity contribution is 5.85. The third-order valence-corrected chi connectivity index (χ3v) is 5.14. The van der Waals surface area contributed by atoms with Crippen LogP contribution in [0.3, 0.4) is 0 Å². The van der Waals surface area contributed by atoms with Crippen LogP contribution in [0.5, 0.6) is 0 Å². The van der Waals surface area contributed by atoms with Crippen molar-refractivity contribution in [3.63, 3.8) is 0 Å². The second kappa shape index (κ2) is 8.52. The van der Waals surface area contributed by atoms with E-state index in [0.29, 0.717) is 6.54 Å². The molecule has 2 heterocycles. The molecule has 6 heteroatoms. The molecule has 2 rings (SSSR count). The van der Waals surface area contributed by atoms with E-state index in [1.54, 1.807) is 0 Å². The molecule has 2 saturated heterocycles. The van der Waals surface area contributed by atoms with Crippen LogP contribution < -0.4 is 5.73 Å². The molecule has 2 amide bonds. The Bertz CT molecular complexity index is 448. The van der Waals surface area contributed by atoms with Gasteiger partial charge >= 0.3 is 0 Å². The Hall–Kier alpha value is -0.810. The minimum atomic E-state index is -0.385. The van der Waals surface area contributed by atoms with E-state index in [1.165, 1.54) is 0 Å². The zero-order chi connectivity index (χ0) is 17.2. The first-order valence-corrected chi connectivity index (χ1v) is 9.07. The lowest BCUT2D eigenvalue weighted by atomic mass is 9.89. The highest BCUT2D eigenvalue weighted by Crippen LogP contribution is 2.27. The summed E-state index contributed by atoms with van der Waals surface area (Å²) in [7, 11) is 0. The first kappa shape index (κ1) is 21.2. The van der Waals surface area contributed by atoms with Gasteiger partial charge in [-0.15, -0.1) is 12.4 Å². The SMILES string of the molecule is CC(N)C1CCCCN1C(=O)C1CCCN(C(=O)C(C)(C)C)C1.Cl. The number of hydrogen-bond acceptors (Lipinski definition) is 3. The molecule has 0 aromatic carbocycles. The maximum absolute atomic E-state index is 13.0. The lowest BCUT2D eigenvalue weighted by molar-refractivity contribution is -0.147. The number of amides is 2. The third kappa shape index (κ3) is 4.85. The zero-order valence-corrected chi connectivity index (χ0v) is 16.4. The van der Waals surface area contributed by atoms with Crippen LogP contribution in [0.1, 0.15) is 59.8 Å². The number of hydrogen-bond donors (Lipinski definition) is 1. The molecular formula is C18H34ClN3O2. The Kier molecular flexibility index (Phi) is 7.54. The molecule has 0 saturated carbocycles. The molecule has 2 fully saturated rings. The molecule has 2 aliphatic rings. The van der Waals surface area contributed by atoms with Gasteiger partial charge in [-0.05, 0) is 39.0 Å². The maximum atomic E-state index is 13.0. The van der Waals surface area contributed by atoms with Crippen molar-refractivity contribution in [1.82, 2.24) is 9.80 Å². The average Bonchev–Trinajstić information content (AvgIpc) is 2.52. The van der Waals surface area contributed by atoms with Crippen LogP contribution in [-0.2, 0) is 9.59 Å². The summed E-state index contributed by atoms with van der Waals surface area (Å²) in [4.78, 5) is 29.4. The maximum Gasteiger partial charge on any atom is 0.227 e. The van der Waals surface area contributed by atoms with Crippen LogP contribution in [0.25, 0.3) is 0 Å². The second-order valence-electron chi connectivity index (χ2n) is 8.29. The lowest BCUT2D eigenvalue weighted by Crippen LogP contribution is -2.56.